The van der Waals surface area contributed by atoms with Crippen LogP contribution in [0.5, 0.6) is 11.5 Å². The molecule has 0 aromatic heterocycles. The van der Waals surface area contributed by atoms with Crippen LogP contribution in [0.1, 0.15) is 37.8 Å². The molecule has 0 unspecified atom stereocenters. The van der Waals surface area contributed by atoms with Crippen LogP contribution < -0.4 is 14.8 Å². The van der Waals surface area contributed by atoms with Crippen molar-refractivity contribution in [2.75, 3.05) is 40.0 Å². The van der Waals surface area contributed by atoms with E-state index in [0.29, 0.717) is 26.4 Å². The van der Waals surface area contributed by atoms with Crippen LogP contribution in [0.2, 0.25) is 0 Å². The molecule has 0 saturated carbocycles. The third-order valence-electron chi connectivity index (χ3n) is 4.69. The van der Waals surface area contributed by atoms with Crippen LogP contribution in [0.15, 0.2) is 18.2 Å². The highest BCUT2D eigenvalue weighted by Crippen LogP contribution is 2.37. The molecule has 1 fully saturated rings. The molecule has 6 heteroatoms. The second kappa shape index (κ2) is 8.54. The van der Waals surface area contributed by atoms with Crippen molar-refractivity contribution in [3.05, 3.63) is 23.8 Å². The van der Waals surface area contributed by atoms with E-state index in [9.17, 15) is 4.79 Å². The Morgan fingerprint density at radius 3 is 2.92 bits per heavy atom. The molecule has 0 bridgehead atoms. The molecule has 0 radical (unpaired) electrons. The van der Waals surface area contributed by atoms with Gasteiger partial charge in [-0.3, -0.25) is 9.69 Å². The molecule has 2 aliphatic heterocycles. The van der Waals surface area contributed by atoms with Crippen molar-refractivity contribution in [1.82, 2.24) is 10.2 Å². The van der Waals surface area contributed by atoms with E-state index in [1.54, 1.807) is 7.11 Å². The maximum atomic E-state index is 12.3. The summed E-state index contributed by atoms with van der Waals surface area (Å²) in [6.07, 6.45) is 3.06. The van der Waals surface area contributed by atoms with E-state index in [0.717, 1.165) is 37.3 Å². The number of rotatable bonds is 6. The molecule has 2 heterocycles. The Balaban J connectivity index is 1.65. The van der Waals surface area contributed by atoms with Crippen molar-refractivity contribution in [2.45, 2.75) is 38.3 Å². The molecule has 1 aromatic carbocycles. The van der Waals surface area contributed by atoms with Gasteiger partial charge in [0, 0.05) is 25.6 Å². The highest BCUT2D eigenvalue weighted by Gasteiger charge is 2.28. The monoisotopic (exact) mass is 348 g/mol. The van der Waals surface area contributed by atoms with Gasteiger partial charge >= 0.3 is 0 Å². The Morgan fingerprint density at radius 2 is 2.12 bits per heavy atom. The first-order valence-corrected chi connectivity index (χ1v) is 9.09. The molecule has 6 nitrogen and oxygen atoms in total. The number of nitrogens with zero attached hydrogens (tertiary/aromatic N) is 1. The first-order chi connectivity index (χ1) is 12.2. The summed E-state index contributed by atoms with van der Waals surface area (Å²) in [4.78, 5) is 14.5. The molecule has 1 saturated heterocycles. The molecule has 138 valence electrons. The van der Waals surface area contributed by atoms with Crippen molar-refractivity contribution < 1.29 is 19.0 Å². The van der Waals surface area contributed by atoms with Gasteiger partial charge in [-0.05, 0) is 44.0 Å². The first-order valence-electron chi connectivity index (χ1n) is 9.09. The topological polar surface area (TPSA) is 60.0 Å². The molecule has 2 atom stereocenters. The molecule has 0 spiro atoms. The summed E-state index contributed by atoms with van der Waals surface area (Å²) in [5.74, 6) is 1.68. The van der Waals surface area contributed by atoms with E-state index in [4.69, 9.17) is 14.2 Å². The lowest BCUT2D eigenvalue weighted by Crippen LogP contribution is -2.42. The van der Waals surface area contributed by atoms with E-state index in [1.807, 2.05) is 13.0 Å². The van der Waals surface area contributed by atoms with Crippen LogP contribution in [0.4, 0.5) is 0 Å². The lowest BCUT2D eigenvalue weighted by atomic mass is 10.0. The van der Waals surface area contributed by atoms with E-state index in [1.165, 1.54) is 5.56 Å². The molecule has 2 aliphatic rings. The Morgan fingerprint density at radius 1 is 1.32 bits per heavy atom. The second-order valence-electron chi connectivity index (χ2n) is 6.81. The SMILES string of the molecule is COC[C@@H](C)NC(=O)CN1CCC[C@H]1c1ccc2c(c1)OCCCO2. The number of carbonyl (C=O) groups excluding carboxylic acids is 1. The van der Waals surface area contributed by atoms with Crippen molar-refractivity contribution in [1.29, 1.82) is 0 Å². The minimum Gasteiger partial charge on any atom is -0.490 e. The fraction of sp³-hybridized carbons (Fsp3) is 0.632. The molecule has 0 aliphatic carbocycles. The van der Waals surface area contributed by atoms with Gasteiger partial charge in [0.05, 0.1) is 26.4 Å². The Labute approximate surface area is 149 Å². The number of hydrogen-bond donors (Lipinski definition) is 1. The van der Waals surface area contributed by atoms with E-state index in [-0.39, 0.29) is 18.0 Å². The van der Waals surface area contributed by atoms with Gasteiger partial charge in [0.2, 0.25) is 5.91 Å². The largest absolute Gasteiger partial charge is 0.490 e. The minimum absolute atomic E-state index is 0.0246. The lowest BCUT2D eigenvalue weighted by Gasteiger charge is -2.25. The number of ether oxygens (including phenoxy) is 3. The quantitative estimate of drug-likeness (QED) is 0.853. The Bertz CT molecular complexity index is 593. The standard InChI is InChI=1S/C19H28N2O4/c1-14(13-23-2)20-19(22)12-21-8-3-5-16(21)15-6-7-17-18(11-15)25-10-4-9-24-17/h6-7,11,14,16H,3-5,8-10,12-13H2,1-2H3,(H,20,22)/t14-,16+/m1/s1. The zero-order valence-electron chi connectivity index (χ0n) is 15.1. The number of nitrogens with one attached hydrogen (secondary N) is 1. The molecule has 3 rings (SSSR count). The fourth-order valence-electron chi connectivity index (χ4n) is 3.58. The summed E-state index contributed by atoms with van der Waals surface area (Å²) in [6.45, 7) is 5.20. The summed E-state index contributed by atoms with van der Waals surface area (Å²) < 4.78 is 16.6. The number of carbonyl (C=O) groups is 1. The van der Waals surface area contributed by atoms with Gasteiger partial charge in [-0.1, -0.05) is 6.07 Å². The number of amides is 1. The van der Waals surface area contributed by atoms with Crippen LogP contribution in [0.25, 0.3) is 0 Å². The van der Waals surface area contributed by atoms with Gasteiger partial charge in [-0.25, -0.2) is 0 Å². The smallest absolute Gasteiger partial charge is 0.234 e. The summed E-state index contributed by atoms with van der Waals surface area (Å²) >= 11 is 0. The average Bonchev–Trinajstić information content (AvgIpc) is 2.90. The highest BCUT2D eigenvalue weighted by atomic mass is 16.5. The number of methoxy groups -OCH3 is 1. The van der Waals surface area contributed by atoms with Gasteiger partial charge in [0.1, 0.15) is 0 Å². The predicted molar refractivity (Wildman–Crippen MR) is 95.1 cm³/mol. The van der Waals surface area contributed by atoms with Crippen molar-refractivity contribution in [3.8, 4) is 11.5 Å². The highest BCUT2D eigenvalue weighted by molar-refractivity contribution is 5.78. The third kappa shape index (κ3) is 4.64. The van der Waals surface area contributed by atoms with Gasteiger partial charge in [-0.15, -0.1) is 0 Å². The molecule has 25 heavy (non-hydrogen) atoms. The van der Waals surface area contributed by atoms with Crippen molar-refractivity contribution in [2.24, 2.45) is 0 Å². The van der Waals surface area contributed by atoms with Gasteiger partial charge < -0.3 is 19.5 Å². The lowest BCUT2D eigenvalue weighted by molar-refractivity contribution is -0.123. The van der Waals surface area contributed by atoms with E-state index < -0.39 is 0 Å². The second-order valence-corrected chi connectivity index (χ2v) is 6.81. The molecule has 1 N–H and O–H groups in total. The molecule has 1 amide bonds. The summed E-state index contributed by atoms with van der Waals surface area (Å²) in [5, 5.41) is 2.99. The van der Waals surface area contributed by atoms with E-state index in [2.05, 4.69) is 22.3 Å². The maximum Gasteiger partial charge on any atom is 0.234 e. The average molecular weight is 348 g/mol. The predicted octanol–water partition coefficient (Wildman–Crippen LogP) is 2.14. The number of fused-ring (bicyclic) bond motifs is 1. The Hall–Kier alpha value is -1.79. The zero-order valence-corrected chi connectivity index (χ0v) is 15.1. The van der Waals surface area contributed by atoms with Crippen molar-refractivity contribution >= 4 is 5.91 Å². The molecular weight excluding hydrogens is 320 g/mol. The number of hydrogen-bond acceptors (Lipinski definition) is 5. The number of likely N-dealkylation sites (tertiary alicyclic amines) is 1. The van der Waals surface area contributed by atoms with Crippen LogP contribution >= 0.6 is 0 Å². The van der Waals surface area contributed by atoms with Crippen LogP contribution in [-0.2, 0) is 9.53 Å². The van der Waals surface area contributed by atoms with E-state index >= 15 is 0 Å². The first kappa shape index (κ1) is 18.0. The van der Waals surface area contributed by atoms with Crippen LogP contribution in [0.3, 0.4) is 0 Å². The normalized spacial score (nSPS) is 21.6. The zero-order chi connectivity index (χ0) is 17.6. The van der Waals surface area contributed by atoms with Crippen LogP contribution in [-0.4, -0.2) is 56.9 Å². The fourth-order valence-corrected chi connectivity index (χ4v) is 3.58. The summed E-state index contributed by atoms with van der Waals surface area (Å²) in [7, 11) is 1.64. The minimum atomic E-state index is 0.0246. The van der Waals surface area contributed by atoms with Crippen molar-refractivity contribution in [3.63, 3.8) is 0 Å². The van der Waals surface area contributed by atoms with Gasteiger partial charge in [0.25, 0.3) is 0 Å². The number of benzene rings is 1. The summed E-state index contributed by atoms with van der Waals surface area (Å²) in [6, 6.07) is 6.45. The Kier molecular flexibility index (Phi) is 6.15. The third-order valence-corrected chi connectivity index (χ3v) is 4.69. The van der Waals surface area contributed by atoms with Crippen LogP contribution in [0, 0.1) is 0 Å². The summed E-state index contributed by atoms with van der Waals surface area (Å²) in [5.41, 5.74) is 1.19. The maximum absolute atomic E-state index is 12.3. The molecular formula is C19H28N2O4. The molecule has 1 aromatic rings. The van der Waals surface area contributed by atoms with Gasteiger partial charge in [0.15, 0.2) is 11.5 Å². The van der Waals surface area contributed by atoms with Gasteiger partial charge in [-0.2, -0.15) is 0 Å².